The Morgan fingerprint density at radius 3 is 2.21 bits per heavy atom. The molecule has 0 heterocycles. The summed E-state index contributed by atoms with van der Waals surface area (Å²) in [4.78, 5) is 16.3. The van der Waals surface area contributed by atoms with E-state index < -0.39 is 13.6 Å². The molecule has 0 amide bonds. The zero-order valence-corrected chi connectivity index (χ0v) is 15.5. The maximum Gasteiger partial charge on any atom is 0.356 e. The van der Waals surface area contributed by atoms with Crippen molar-refractivity contribution in [3.8, 4) is 0 Å². The SMILES string of the molecule is CCOC(=O)C(/C=C\P(=O)(OCC)OCC)=Nc1ccc(Cl)cc1. The lowest BCUT2D eigenvalue weighted by Crippen LogP contribution is -2.15. The first-order chi connectivity index (χ1) is 11.4. The van der Waals surface area contributed by atoms with E-state index in [2.05, 4.69) is 4.99 Å². The molecule has 0 spiro atoms. The summed E-state index contributed by atoms with van der Waals surface area (Å²) >= 11 is 5.83. The number of carbonyl (C=O) groups excluding carboxylic acids is 1. The molecular formula is C16H21ClNO5P. The molecule has 0 aliphatic rings. The van der Waals surface area contributed by atoms with Gasteiger partial charge in [-0.15, -0.1) is 0 Å². The number of benzene rings is 1. The number of aliphatic imine (C=N–C) groups is 1. The summed E-state index contributed by atoms with van der Waals surface area (Å²) in [7, 11) is -3.43. The third-order valence-electron chi connectivity index (χ3n) is 2.59. The van der Waals surface area contributed by atoms with Gasteiger partial charge in [-0.1, -0.05) is 11.6 Å². The van der Waals surface area contributed by atoms with E-state index in [-0.39, 0.29) is 25.5 Å². The first kappa shape index (κ1) is 20.6. The molecule has 0 aliphatic heterocycles. The number of hydrogen-bond donors (Lipinski definition) is 0. The van der Waals surface area contributed by atoms with E-state index >= 15 is 0 Å². The van der Waals surface area contributed by atoms with Crippen molar-refractivity contribution in [3.63, 3.8) is 0 Å². The third-order valence-corrected chi connectivity index (χ3v) is 4.60. The van der Waals surface area contributed by atoms with Gasteiger partial charge in [-0.05, 0) is 51.1 Å². The third kappa shape index (κ3) is 6.97. The van der Waals surface area contributed by atoms with Gasteiger partial charge in [-0.2, -0.15) is 0 Å². The number of rotatable bonds is 9. The van der Waals surface area contributed by atoms with Gasteiger partial charge in [0.1, 0.15) is 5.71 Å². The van der Waals surface area contributed by atoms with E-state index in [1.54, 1.807) is 45.0 Å². The van der Waals surface area contributed by atoms with Crippen molar-refractivity contribution < 1.29 is 23.1 Å². The van der Waals surface area contributed by atoms with Crippen LogP contribution >= 0.6 is 19.2 Å². The molecule has 132 valence electrons. The molecule has 0 atom stereocenters. The van der Waals surface area contributed by atoms with Gasteiger partial charge >= 0.3 is 13.6 Å². The van der Waals surface area contributed by atoms with Crippen LogP contribution in [0.15, 0.2) is 41.2 Å². The van der Waals surface area contributed by atoms with Gasteiger partial charge in [-0.25, -0.2) is 9.79 Å². The molecule has 1 aromatic carbocycles. The zero-order chi connectivity index (χ0) is 18.0. The van der Waals surface area contributed by atoms with Crippen molar-refractivity contribution in [2.24, 2.45) is 4.99 Å². The van der Waals surface area contributed by atoms with Crippen molar-refractivity contribution in [2.75, 3.05) is 19.8 Å². The standard InChI is InChI=1S/C16H21ClNO5P/c1-4-21-16(19)15(18-14-9-7-13(17)8-10-14)11-12-24(20,22-5-2)23-6-3/h7-12H,4-6H2,1-3H3/b12-11-,18-15?. The molecule has 0 bridgehead atoms. The van der Waals surface area contributed by atoms with Crippen molar-refractivity contribution in [1.82, 2.24) is 0 Å². The quantitative estimate of drug-likeness (QED) is 0.354. The summed E-state index contributed by atoms with van der Waals surface area (Å²) in [5.41, 5.74) is 0.494. The minimum absolute atomic E-state index is 0.0150. The second kappa shape index (κ2) is 10.4. The number of nitrogens with zero attached hydrogens (tertiary/aromatic N) is 1. The maximum absolute atomic E-state index is 12.4. The van der Waals surface area contributed by atoms with E-state index in [1.807, 2.05) is 0 Å². The van der Waals surface area contributed by atoms with E-state index in [1.165, 1.54) is 11.9 Å². The van der Waals surface area contributed by atoms with E-state index in [4.69, 9.17) is 25.4 Å². The monoisotopic (exact) mass is 373 g/mol. The van der Waals surface area contributed by atoms with Crippen molar-refractivity contribution in [3.05, 3.63) is 41.2 Å². The Kier molecular flexibility index (Phi) is 8.93. The number of carbonyl (C=O) groups is 1. The molecule has 0 aliphatic carbocycles. The topological polar surface area (TPSA) is 74.2 Å². The smallest absolute Gasteiger partial charge is 0.356 e. The number of ether oxygens (including phenoxy) is 1. The van der Waals surface area contributed by atoms with Crippen LogP contribution in [0.1, 0.15) is 20.8 Å². The molecule has 0 fully saturated rings. The normalized spacial score (nSPS) is 12.6. The van der Waals surface area contributed by atoms with Crippen LogP contribution in [0.2, 0.25) is 5.02 Å². The molecule has 0 N–H and O–H groups in total. The van der Waals surface area contributed by atoms with Crippen LogP contribution in [0.4, 0.5) is 5.69 Å². The summed E-state index contributed by atoms with van der Waals surface area (Å²) < 4.78 is 27.7. The number of hydrogen-bond acceptors (Lipinski definition) is 6. The lowest BCUT2D eigenvalue weighted by Gasteiger charge is -2.12. The zero-order valence-electron chi connectivity index (χ0n) is 13.9. The highest BCUT2D eigenvalue weighted by Gasteiger charge is 2.20. The Morgan fingerprint density at radius 2 is 1.71 bits per heavy atom. The summed E-state index contributed by atoms with van der Waals surface area (Å²) in [5.74, 6) is 0.578. The summed E-state index contributed by atoms with van der Waals surface area (Å²) in [6.45, 7) is 5.71. The van der Waals surface area contributed by atoms with Crippen molar-refractivity contribution in [1.29, 1.82) is 0 Å². The molecule has 0 saturated carbocycles. The van der Waals surface area contributed by atoms with Crippen LogP contribution < -0.4 is 0 Å². The minimum Gasteiger partial charge on any atom is -0.461 e. The van der Waals surface area contributed by atoms with E-state index in [9.17, 15) is 9.36 Å². The van der Waals surface area contributed by atoms with Crippen LogP contribution in [0.25, 0.3) is 0 Å². The van der Waals surface area contributed by atoms with Crippen molar-refractivity contribution >= 4 is 36.6 Å². The fourth-order valence-electron chi connectivity index (χ4n) is 1.66. The average molecular weight is 374 g/mol. The summed E-state index contributed by atoms with van der Waals surface area (Å²) in [5, 5.41) is 0.555. The predicted molar refractivity (Wildman–Crippen MR) is 95.2 cm³/mol. The molecule has 24 heavy (non-hydrogen) atoms. The van der Waals surface area contributed by atoms with Gasteiger partial charge in [0, 0.05) is 10.8 Å². The van der Waals surface area contributed by atoms with E-state index in [0.717, 1.165) is 0 Å². The average Bonchev–Trinajstić information content (AvgIpc) is 2.54. The van der Waals surface area contributed by atoms with Gasteiger partial charge in [-0.3, -0.25) is 4.57 Å². The molecule has 8 heteroatoms. The summed E-state index contributed by atoms with van der Waals surface area (Å²) in [6.07, 6.45) is 1.29. The molecule has 1 rings (SSSR count). The second-order valence-corrected chi connectivity index (χ2v) is 6.72. The first-order valence-electron chi connectivity index (χ1n) is 7.53. The highest BCUT2D eigenvalue weighted by molar-refractivity contribution is 7.57. The minimum atomic E-state index is -3.43. The Morgan fingerprint density at radius 1 is 1.12 bits per heavy atom. The van der Waals surface area contributed by atoms with Gasteiger partial charge in [0.2, 0.25) is 0 Å². The van der Waals surface area contributed by atoms with Crippen LogP contribution in [0.5, 0.6) is 0 Å². The molecular weight excluding hydrogens is 353 g/mol. The van der Waals surface area contributed by atoms with Gasteiger partial charge in [0.15, 0.2) is 0 Å². The maximum atomic E-state index is 12.4. The molecule has 6 nitrogen and oxygen atoms in total. The lowest BCUT2D eigenvalue weighted by atomic mass is 10.3. The number of esters is 1. The van der Waals surface area contributed by atoms with Gasteiger partial charge in [0.25, 0.3) is 0 Å². The Labute approximate surface area is 147 Å². The van der Waals surface area contributed by atoms with Crippen LogP contribution in [0, 0.1) is 0 Å². The fourth-order valence-corrected chi connectivity index (χ4v) is 3.07. The highest BCUT2D eigenvalue weighted by atomic mass is 35.5. The van der Waals surface area contributed by atoms with Crippen LogP contribution in [-0.4, -0.2) is 31.5 Å². The molecule has 0 radical (unpaired) electrons. The highest BCUT2D eigenvalue weighted by Crippen LogP contribution is 2.49. The van der Waals surface area contributed by atoms with Crippen molar-refractivity contribution in [2.45, 2.75) is 20.8 Å². The molecule has 0 unspecified atom stereocenters. The second-order valence-electron chi connectivity index (χ2n) is 4.39. The molecule has 0 aromatic heterocycles. The summed E-state index contributed by atoms with van der Waals surface area (Å²) in [6, 6.07) is 6.61. The van der Waals surface area contributed by atoms with Crippen LogP contribution in [-0.2, 0) is 23.1 Å². The fraction of sp³-hybridized carbons (Fsp3) is 0.375. The van der Waals surface area contributed by atoms with Gasteiger partial charge < -0.3 is 13.8 Å². The largest absolute Gasteiger partial charge is 0.461 e. The number of halogens is 1. The van der Waals surface area contributed by atoms with Crippen LogP contribution in [0.3, 0.4) is 0 Å². The Hall–Kier alpha value is -1.46. The lowest BCUT2D eigenvalue weighted by molar-refractivity contribution is -0.134. The molecule has 1 aromatic rings. The molecule has 0 saturated heterocycles. The van der Waals surface area contributed by atoms with Gasteiger partial charge in [0.05, 0.1) is 25.5 Å². The van der Waals surface area contributed by atoms with E-state index in [0.29, 0.717) is 10.7 Å². The predicted octanol–water partition coefficient (Wildman–Crippen LogP) is 4.76. The Bertz CT molecular complexity index is 632. The first-order valence-corrected chi connectivity index (χ1v) is 9.52. The Balaban J connectivity index is 3.13.